The summed E-state index contributed by atoms with van der Waals surface area (Å²) in [6, 6.07) is 7.54. The lowest BCUT2D eigenvalue weighted by atomic mass is 9.86. The fourth-order valence-corrected chi connectivity index (χ4v) is 5.34. The van der Waals surface area contributed by atoms with Crippen LogP contribution in [0.3, 0.4) is 0 Å². The van der Waals surface area contributed by atoms with Crippen LogP contribution < -0.4 is 14.8 Å². The summed E-state index contributed by atoms with van der Waals surface area (Å²) in [4.78, 5) is 12.6. The van der Waals surface area contributed by atoms with Crippen LogP contribution in [-0.4, -0.2) is 31.7 Å². The summed E-state index contributed by atoms with van der Waals surface area (Å²) in [5.41, 5.74) is 0.767. The van der Waals surface area contributed by atoms with Gasteiger partial charge in [-0.15, -0.1) is 0 Å². The van der Waals surface area contributed by atoms with Gasteiger partial charge in [-0.05, 0) is 88.5 Å². The highest BCUT2D eigenvalue weighted by Gasteiger charge is 2.31. The number of carbonyl (C=O) groups excluding carboxylic acids is 1. The highest BCUT2D eigenvalue weighted by atomic mass is 32.2. The molecule has 0 saturated heterocycles. The van der Waals surface area contributed by atoms with Gasteiger partial charge in [-0.25, -0.2) is 13.1 Å². The van der Waals surface area contributed by atoms with Crippen LogP contribution in [-0.2, 0) is 14.8 Å². The maximum atomic E-state index is 12.6. The van der Waals surface area contributed by atoms with Crippen molar-refractivity contribution in [2.45, 2.75) is 83.6 Å². The maximum absolute atomic E-state index is 12.6. The van der Waals surface area contributed by atoms with Crippen molar-refractivity contribution in [2.75, 3.05) is 5.32 Å². The van der Waals surface area contributed by atoms with Crippen LogP contribution in [0.25, 0.3) is 0 Å². The molecular weight excluding hydrogens is 400 g/mol. The highest BCUT2D eigenvalue weighted by molar-refractivity contribution is 7.90. The van der Waals surface area contributed by atoms with Crippen molar-refractivity contribution in [3.05, 3.63) is 24.3 Å². The van der Waals surface area contributed by atoms with Gasteiger partial charge in [0.15, 0.2) is 0 Å². The maximum Gasteiger partial charge on any atom is 0.227 e. The van der Waals surface area contributed by atoms with Gasteiger partial charge in [-0.3, -0.25) is 4.79 Å². The average molecular weight is 437 g/mol. The van der Waals surface area contributed by atoms with Crippen molar-refractivity contribution in [3.8, 4) is 5.75 Å². The van der Waals surface area contributed by atoms with Crippen molar-refractivity contribution >= 4 is 21.6 Å². The molecule has 2 fully saturated rings. The zero-order valence-electron chi connectivity index (χ0n) is 18.6. The van der Waals surface area contributed by atoms with Crippen LogP contribution in [0.1, 0.15) is 66.2 Å². The van der Waals surface area contributed by atoms with E-state index in [1.54, 1.807) is 13.8 Å². The summed E-state index contributed by atoms with van der Waals surface area (Å²) in [5.74, 6) is 2.03. The van der Waals surface area contributed by atoms with Crippen LogP contribution >= 0.6 is 0 Å². The molecule has 2 saturated carbocycles. The number of anilines is 1. The van der Waals surface area contributed by atoms with Gasteiger partial charge in [-0.2, -0.15) is 0 Å². The number of hydrogen-bond acceptors (Lipinski definition) is 4. The van der Waals surface area contributed by atoms with Crippen molar-refractivity contribution in [1.29, 1.82) is 0 Å². The molecule has 3 rings (SSSR count). The SMILES string of the molecule is CC1CCC(Oc2ccc(NC(=O)C3CCC(NS(=O)(=O)C(C)C)CC3)cc2)C1C. The lowest BCUT2D eigenvalue weighted by molar-refractivity contribution is -0.120. The van der Waals surface area contributed by atoms with Gasteiger partial charge >= 0.3 is 0 Å². The second kappa shape index (κ2) is 9.69. The van der Waals surface area contributed by atoms with Gasteiger partial charge in [0, 0.05) is 17.6 Å². The lowest BCUT2D eigenvalue weighted by Crippen LogP contribution is -2.42. The standard InChI is InChI=1S/C23H36N2O4S/c1-15(2)30(27,28)25-20-8-6-18(7-9-20)23(26)24-19-10-12-21(13-11-19)29-22-14-5-16(3)17(22)4/h10-13,15-18,20,22,25H,5-9,14H2,1-4H3,(H,24,26). The van der Waals surface area contributed by atoms with Crippen molar-refractivity contribution in [2.24, 2.45) is 17.8 Å². The minimum absolute atomic E-state index is 0.00655. The number of carbonyl (C=O) groups is 1. The Morgan fingerprint density at radius 3 is 2.17 bits per heavy atom. The second-order valence-electron chi connectivity index (χ2n) is 9.34. The molecule has 6 nitrogen and oxygen atoms in total. The predicted octanol–water partition coefficient (Wildman–Crippen LogP) is 4.33. The topological polar surface area (TPSA) is 84.5 Å². The van der Waals surface area contributed by atoms with Crippen molar-refractivity contribution < 1.29 is 17.9 Å². The van der Waals surface area contributed by atoms with E-state index in [-0.39, 0.29) is 24.0 Å². The number of rotatable bonds is 7. The molecule has 2 N–H and O–H groups in total. The molecule has 3 atom stereocenters. The smallest absolute Gasteiger partial charge is 0.227 e. The van der Waals surface area contributed by atoms with Gasteiger partial charge < -0.3 is 10.1 Å². The number of ether oxygens (including phenoxy) is 1. The molecule has 0 spiro atoms. The summed E-state index contributed by atoms with van der Waals surface area (Å²) in [6.45, 7) is 7.87. The van der Waals surface area contributed by atoms with E-state index in [0.29, 0.717) is 37.5 Å². The molecule has 7 heteroatoms. The Labute approximate surface area is 181 Å². The Kier molecular flexibility index (Phi) is 7.45. The lowest BCUT2D eigenvalue weighted by Gasteiger charge is -2.28. The van der Waals surface area contributed by atoms with Crippen molar-refractivity contribution in [1.82, 2.24) is 4.72 Å². The first-order valence-corrected chi connectivity index (χ1v) is 12.8. The normalized spacial score (nSPS) is 29.7. The monoisotopic (exact) mass is 436 g/mol. The molecule has 1 aromatic rings. The van der Waals surface area contributed by atoms with E-state index in [1.165, 1.54) is 6.42 Å². The van der Waals surface area contributed by atoms with E-state index in [1.807, 2.05) is 24.3 Å². The highest BCUT2D eigenvalue weighted by Crippen LogP contribution is 2.34. The van der Waals surface area contributed by atoms with Crippen LogP contribution in [0.5, 0.6) is 5.75 Å². The van der Waals surface area contributed by atoms with Crippen LogP contribution in [0, 0.1) is 17.8 Å². The number of amides is 1. The second-order valence-corrected chi connectivity index (χ2v) is 11.6. The molecule has 0 aromatic heterocycles. The van der Waals surface area contributed by atoms with Crippen molar-refractivity contribution in [3.63, 3.8) is 0 Å². The Morgan fingerprint density at radius 2 is 1.63 bits per heavy atom. The molecule has 1 aromatic carbocycles. The molecular formula is C23H36N2O4S. The third kappa shape index (κ3) is 5.76. The summed E-state index contributed by atoms with van der Waals surface area (Å²) >= 11 is 0. The first-order chi connectivity index (χ1) is 14.2. The molecule has 168 valence electrons. The summed E-state index contributed by atoms with van der Waals surface area (Å²) < 4.78 is 33.0. The quantitative estimate of drug-likeness (QED) is 0.666. The van der Waals surface area contributed by atoms with E-state index >= 15 is 0 Å². The zero-order chi connectivity index (χ0) is 21.9. The minimum atomic E-state index is -3.27. The van der Waals surface area contributed by atoms with Crippen LogP contribution in [0.4, 0.5) is 5.69 Å². The molecule has 3 unspecified atom stereocenters. The molecule has 2 aliphatic rings. The number of nitrogens with one attached hydrogen (secondary N) is 2. The number of sulfonamides is 1. The first kappa shape index (κ1) is 23.1. The fourth-order valence-electron chi connectivity index (χ4n) is 4.36. The summed E-state index contributed by atoms with van der Waals surface area (Å²) in [5, 5.41) is 2.56. The Balaban J connectivity index is 1.46. The van der Waals surface area contributed by atoms with E-state index < -0.39 is 15.3 Å². The molecule has 30 heavy (non-hydrogen) atoms. The van der Waals surface area contributed by atoms with Crippen LogP contribution in [0.15, 0.2) is 24.3 Å². The van der Waals surface area contributed by atoms with Gasteiger partial charge in [0.1, 0.15) is 11.9 Å². The van der Waals surface area contributed by atoms with Crippen LogP contribution in [0.2, 0.25) is 0 Å². The zero-order valence-corrected chi connectivity index (χ0v) is 19.4. The number of benzene rings is 1. The molecule has 2 aliphatic carbocycles. The molecule has 0 bridgehead atoms. The van der Waals surface area contributed by atoms with Gasteiger partial charge in [0.05, 0.1) is 5.25 Å². The summed E-state index contributed by atoms with van der Waals surface area (Å²) in [6.07, 6.45) is 5.33. The molecule has 0 heterocycles. The van der Waals surface area contributed by atoms with Gasteiger partial charge in [0.2, 0.25) is 15.9 Å². The van der Waals surface area contributed by atoms with Gasteiger partial charge in [0.25, 0.3) is 0 Å². The van der Waals surface area contributed by atoms with E-state index in [0.717, 1.165) is 17.9 Å². The molecule has 0 radical (unpaired) electrons. The molecule has 1 amide bonds. The van der Waals surface area contributed by atoms with E-state index in [4.69, 9.17) is 4.74 Å². The first-order valence-electron chi connectivity index (χ1n) is 11.2. The minimum Gasteiger partial charge on any atom is -0.490 e. The Morgan fingerprint density at radius 1 is 1.00 bits per heavy atom. The van der Waals surface area contributed by atoms with E-state index in [2.05, 4.69) is 23.9 Å². The predicted molar refractivity (Wildman–Crippen MR) is 120 cm³/mol. The average Bonchev–Trinajstić information content (AvgIpc) is 3.01. The van der Waals surface area contributed by atoms with E-state index in [9.17, 15) is 13.2 Å². The summed E-state index contributed by atoms with van der Waals surface area (Å²) in [7, 11) is -3.27. The third-order valence-corrected chi connectivity index (χ3v) is 8.75. The largest absolute Gasteiger partial charge is 0.490 e. The fraction of sp³-hybridized carbons (Fsp3) is 0.696. The Bertz CT molecular complexity index is 814. The number of hydrogen-bond donors (Lipinski definition) is 2. The third-order valence-electron chi connectivity index (χ3n) is 6.85. The van der Waals surface area contributed by atoms with Gasteiger partial charge in [-0.1, -0.05) is 13.8 Å². The Hall–Kier alpha value is -1.60. The molecule has 0 aliphatic heterocycles.